The van der Waals surface area contributed by atoms with Crippen LogP contribution in [0.25, 0.3) is 0 Å². The van der Waals surface area contributed by atoms with E-state index in [-0.39, 0.29) is 45.8 Å². The number of benzene rings is 2. The summed E-state index contributed by atoms with van der Waals surface area (Å²) in [6, 6.07) is 10.3. The number of para-hydroxylation sites is 2. The first-order chi connectivity index (χ1) is 13.6. The van der Waals surface area contributed by atoms with E-state index in [1.54, 1.807) is 48.8 Å². The van der Waals surface area contributed by atoms with Gasteiger partial charge in [-0.25, -0.2) is 0 Å². The van der Waals surface area contributed by atoms with Gasteiger partial charge in [-0.05, 0) is 36.1 Å². The van der Waals surface area contributed by atoms with Gasteiger partial charge >= 0.3 is 16.8 Å². The molecule has 3 rings (SSSR count). The van der Waals surface area contributed by atoms with Crippen molar-refractivity contribution in [1.29, 1.82) is 0 Å². The fourth-order valence-corrected chi connectivity index (χ4v) is 3.38. The molecule has 0 heterocycles. The van der Waals surface area contributed by atoms with Crippen LogP contribution in [0.15, 0.2) is 46.4 Å². The molecule has 0 bridgehead atoms. The van der Waals surface area contributed by atoms with Gasteiger partial charge in [0.15, 0.2) is 0 Å². The number of methoxy groups -OCH3 is 2. The van der Waals surface area contributed by atoms with E-state index in [1.165, 1.54) is 14.2 Å². The van der Waals surface area contributed by atoms with E-state index in [0.717, 1.165) is 25.7 Å². The Morgan fingerprint density at radius 2 is 1.20 bits per heavy atom. The van der Waals surface area contributed by atoms with Crippen molar-refractivity contribution >= 4 is 12.4 Å². The molecule has 8 heteroatoms. The van der Waals surface area contributed by atoms with Gasteiger partial charge in [-0.3, -0.25) is 9.98 Å². The molecule has 2 aromatic rings. The first-order valence-corrected chi connectivity index (χ1v) is 9.38. The Hall–Kier alpha value is -2.55. The molecular formula is C22H26CoN2O5. The van der Waals surface area contributed by atoms with Gasteiger partial charge in [0, 0.05) is 12.4 Å². The van der Waals surface area contributed by atoms with E-state index >= 15 is 0 Å². The maximum absolute atomic E-state index is 12.3. The summed E-state index contributed by atoms with van der Waals surface area (Å²) in [5.74, 6) is 0.278. The van der Waals surface area contributed by atoms with Crippen LogP contribution in [0.1, 0.15) is 36.8 Å². The van der Waals surface area contributed by atoms with Gasteiger partial charge in [-0.2, -0.15) is 0 Å². The molecule has 1 saturated carbocycles. The van der Waals surface area contributed by atoms with Gasteiger partial charge in [0.2, 0.25) is 0 Å². The topological polar surface area (TPSA) is 121 Å². The zero-order chi connectivity index (χ0) is 19.9. The molecule has 1 aliphatic carbocycles. The molecule has 1 fully saturated rings. The molecule has 0 saturated heterocycles. The zero-order valence-electron chi connectivity index (χ0n) is 17.0. The van der Waals surface area contributed by atoms with Gasteiger partial charge in [0.1, 0.15) is 11.5 Å². The van der Waals surface area contributed by atoms with Crippen molar-refractivity contribution in [3.63, 3.8) is 0 Å². The molecule has 1 aliphatic rings. The molecule has 0 spiro atoms. The van der Waals surface area contributed by atoms with Gasteiger partial charge < -0.3 is 25.2 Å². The average molecular weight is 457 g/mol. The summed E-state index contributed by atoms with van der Waals surface area (Å²) in [6.07, 6.45) is 7.19. The zero-order valence-corrected chi connectivity index (χ0v) is 18.0. The van der Waals surface area contributed by atoms with Crippen molar-refractivity contribution in [3.8, 4) is 23.0 Å². The molecule has 30 heavy (non-hydrogen) atoms. The minimum atomic E-state index is -0.169. The second-order valence-corrected chi connectivity index (χ2v) is 6.73. The van der Waals surface area contributed by atoms with Crippen molar-refractivity contribution in [2.75, 3.05) is 14.2 Å². The Balaban J connectivity index is 0.00000225. The van der Waals surface area contributed by atoms with Crippen LogP contribution >= 0.6 is 0 Å². The summed E-state index contributed by atoms with van der Waals surface area (Å²) in [4.78, 5) is 9.28. The maximum atomic E-state index is 12.3. The molecule has 0 aliphatic heterocycles. The van der Waals surface area contributed by atoms with E-state index < -0.39 is 0 Å². The smallest absolute Gasteiger partial charge is 0.870 e. The predicted molar refractivity (Wildman–Crippen MR) is 110 cm³/mol. The van der Waals surface area contributed by atoms with Crippen molar-refractivity contribution in [2.45, 2.75) is 37.8 Å². The fourth-order valence-electron chi connectivity index (χ4n) is 3.38. The van der Waals surface area contributed by atoms with Crippen LogP contribution in [0.5, 0.6) is 23.0 Å². The SMILES string of the molecule is COc1cccc(C=N[C@H]2CCCC[C@H]2N=Cc2cccc(OC)c2[O-])c1[O-].O.[Co+2]. The van der Waals surface area contributed by atoms with Crippen LogP contribution in [0, 0.1) is 0 Å². The first kappa shape index (κ1) is 25.5. The summed E-state index contributed by atoms with van der Waals surface area (Å²) in [5.41, 5.74) is 1.00. The first-order valence-electron chi connectivity index (χ1n) is 9.38. The number of ether oxygens (including phenoxy) is 2. The monoisotopic (exact) mass is 457 g/mol. The summed E-state index contributed by atoms with van der Waals surface area (Å²) >= 11 is 0. The normalized spacial score (nSPS) is 18.6. The van der Waals surface area contributed by atoms with Crippen LogP contribution in [0.4, 0.5) is 0 Å². The second-order valence-electron chi connectivity index (χ2n) is 6.73. The molecule has 2 aromatic carbocycles. The van der Waals surface area contributed by atoms with Crippen LogP contribution in [0.2, 0.25) is 0 Å². The third-order valence-corrected chi connectivity index (χ3v) is 4.96. The Morgan fingerprint density at radius 3 is 1.57 bits per heavy atom. The van der Waals surface area contributed by atoms with E-state index in [4.69, 9.17) is 9.47 Å². The number of nitrogens with zero attached hydrogens (tertiary/aromatic N) is 2. The fraction of sp³-hybridized carbons (Fsp3) is 0.364. The molecule has 2 N–H and O–H groups in total. The van der Waals surface area contributed by atoms with E-state index in [0.29, 0.717) is 22.6 Å². The molecule has 0 amide bonds. The third-order valence-electron chi connectivity index (χ3n) is 4.96. The Labute approximate surface area is 187 Å². The van der Waals surface area contributed by atoms with Gasteiger partial charge in [0.05, 0.1) is 26.3 Å². The van der Waals surface area contributed by atoms with Crippen LogP contribution in [-0.4, -0.2) is 44.2 Å². The Bertz CT molecular complexity index is 801. The number of rotatable bonds is 6. The number of hydrogen-bond acceptors (Lipinski definition) is 6. The summed E-state index contributed by atoms with van der Waals surface area (Å²) in [7, 11) is 2.96. The molecule has 0 aromatic heterocycles. The molecule has 7 nitrogen and oxygen atoms in total. The minimum Gasteiger partial charge on any atom is -0.870 e. The van der Waals surface area contributed by atoms with Crippen molar-refractivity contribution in [2.24, 2.45) is 9.98 Å². The summed E-state index contributed by atoms with van der Waals surface area (Å²) < 4.78 is 10.2. The van der Waals surface area contributed by atoms with Crippen LogP contribution < -0.4 is 19.7 Å². The number of aliphatic imine (C=N–C) groups is 2. The van der Waals surface area contributed by atoms with E-state index in [1.807, 2.05) is 0 Å². The van der Waals surface area contributed by atoms with Gasteiger partial charge in [-0.15, -0.1) is 0 Å². The molecule has 2 atom stereocenters. The van der Waals surface area contributed by atoms with Crippen molar-refractivity contribution < 1.29 is 41.9 Å². The Morgan fingerprint density at radius 1 is 0.800 bits per heavy atom. The van der Waals surface area contributed by atoms with Crippen molar-refractivity contribution in [3.05, 3.63) is 47.5 Å². The summed E-state index contributed by atoms with van der Waals surface area (Å²) in [6.45, 7) is 0. The molecule has 163 valence electrons. The third kappa shape index (κ3) is 5.98. The average Bonchev–Trinajstić information content (AvgIpc) is 2.73. The van der Waals surface area contributed by atoms with Crippen LogP contribution in [-0.2, 0) is 16.8 Å². The molecule has 1 radical (unpaired) electrons. The maximum Gasteiger partial charge on any atom is 2.00 e. The van der Waals surface area contributed by atoms with Gasteiger partial charge in [-0.1, -0.05) is 48.6 Å². The molecular weight excluding hydrogens is 431 g/mol. The Kier molecular flexibility index (Phi) is 10.4. The van der Waals surface area contributed by atoms with E-state index in [2.05, 4.69) is 9.98 Å². The number of hydrogen-bond donors (Lipinski definition) is 0. The van der Waals surface area contributed by atoms with Crippen molar-refractivity contribution in [1.82, 2.24) is 0 Å². The second kappa shape index (κ2) is 12.2. The standard InChI is InChI=1S/C22H26N2O4.Co.H2O/c1-27-19-11-5-7-15(21(19)25)13-23-17-9-3-4-10-18(17)24-14-16-8-6-12-20(28-2)22(16)26;;/h5-8,11-14,17-18,25-26H,3-4,9-10H2,1-2H3;;1H2/q;+2;/p-2/t17-,18+;;. The largest absolute Gasteiger partial charge is 2.00 e. The summed E-state index contributed by atoms with van der Waals surface area (Å²) in [5, 5.41) is 24.5. The van der Waals surface area contributed by atoms with E-state index in [9.17, 15) is 10.2 Å². The predicted octanol–water partition coefficient (Wildman–Crippen LogP) is 1.87. The van der Waals surface area contributed by atoms with Gasteiger partial charge in [0.25, 0.3) is 0 Å². The molecule has 0 unspecified atom stereocenters. The minimum absolute atomic E-state index is 0. The van der Waals surface area contributed by atoms with Crippen LogP contribution in [0.3, 0.4) is 0 Å². The quantitative estimate of drug-likeness (QED) is 0.615.